The molecule has 7 heteroatoms. The summed E-state index contributed by atoms with van der Waals surface area (Å²) in [6.07, 6.45) is 6.35. The fourth-order valence-electron chi connectivity index (χ4n) is 4.56. The van der Waals surface area contributed by atoms with Crippen molar-refractivity contribution in [3.05, 3.63) is 59.7 Å². The Balaban J connectivity index is 1.55. The van der Waals surface area contributed by atoms with Crippen LogP contribution in [0.25, 0.3) is 22.1 Å². The molecular weight excluding hydrogens is 406 g/mol. The van der Waals surface area contributed by atoms with Crippen LogP contribution in [0.15, 0.2) is 53.7 Å². The second-order valence-electron chi connectivity index (χ2n) is 8.16. The molecule has 0 saturated heterocycles. The number of benzene rings is 2. The Morgan fingerprint density at radius 1 is 1.03 bits per heavy atom. The largest absolute Gasteiger partial charge is 0.324 e. The van der Waals surface area contributed by atoms with Gasteiger partial charge in [-0.3, -0.25) is 4.21 Å². The third kappa shape index (κ3) is 3.84. The molecule has 0 aliphatic heterocycles. The van der Waals surface area contributed by atoms with Gasteiger partial charge in [-0.05, 0) is 36.5 Å². The molecule has 0 radical (unpaired) electrons. The molecule has 4 aromatic rings. The maximum Gasteiger partial charge on any atom is 0.241 e. The third-order valence-electron chi connectivity index (χ3n) is 6.15. The molecule has 0 N–H and O–H groups in total. The molecule has 1 unspecified atom stereocenters. The summed E-state index contributed by atoms with van der Waals surface area (Å²) in [5.74, 6) is 0.818. The predicted octanol–water partition coefficient (Wildman–Crippen LogP) is 4.74. The third-order valence-corrected chi connectivity index (χ3v) is 7.30. The lowest BCUT2D eigenvalue weighted by molar-refractivity contribution is 0.325. The second-order valence-corrected chi connectivity index (χ2v) is 9.50. The highest BCUT2D eigenvalue weighted by Crippen LogP contribution is 2.31. The van der Waals surface area contributed by atoms with E-state index in [1.54, 1.807) is 12.1 Å². The number of para-hydroxylation sites is 1. The van der Waals surface area contributed by atoms with Gasteiger partial charge in [-0.1, -0.05) is 55.7 Å². The maximum atomic E-state index is 13.1. The average Bonchev–Trinajstić information content (AvgIpc) is 3.13. The number of hydrogen-bond acceptors (Lipinski definition) is 5. The van der Waals surface area contributed by atoms with Crippen LogP contribution in [0.3, 0.4) is 0 Å². The Morgan fingerprint density at radius 2 is 1.81 bits per heavy atom. The van der Waals surface area contributed by atoms with Crippen LogP contribution in [0, 0.1) is 17.2 Å². The lowest BCUT2D eigenvalue weighted by atomic mass is 9.89. The van der Waals surface area contributed by atoms with Crippen LogP contribution in [-0.2, 0) is 23.1 Å². The van der Waals surface area contributed by atoms with Crippen molar-refractivity contribution in [1.29, 1.82) is 5.26 Å². The number of nitrogens with zero attached hydrogens (tertiary/aromatic N) is 5. The zero-order chi connectivity index (χ0) is 21.2. The number of hydrogen-bond donors (Lipinski definition) is 0. The van der Waals surface area contributed by atoms with E-state index in [0.29, 0.717) is 11.5 Å². The van der Waals surface area contributed by atoms with E-state index in [9.17, 15) is 9.47 Å². The number of aromatic nitrogens is 4. The smallest absolute Gasteiger partial charge is 0.241 e. The van der Waals surface area contributed by atoms with Crippen molar-refractivity contribution >= 4 is 32.9 Å². The van der Waals surface area contributed by atoms with Gasteiger partial charge >= 0.3 is 0 Å². The minimum absolute atomic E-state index is 0.194. The average molecular weight is 430 g/mol. The fourth-order valence-corrected chi connectivity index (χ4v) is 5.54. The summed E-state index contributed by atoms with van der Waals surface area (Å²) >= 11 is 0. The molecule has 1 atom stereocenters. The van der Waals surface area contributed by atoms with E-state index in [1.165, 1.54) is 32.1 Å². The fraction of sp³-hybridized carbons (Fsp3) is 0.333. The topological polar surface area (TPSA) is 84.5 Å². The van der Waals surface area contributed by atoms with Crippen LogP contribution in [0.4, 0.5) is 0 Å². The molecule has 1 aliphatic carbocycles. The Morgan fingerprint density at radius 3 is 2.65 bits per heavy atom. The highest BCUT2D eigenvalue weighted by atomic mass is 32.2. The molecule has 156 valence electrons. The van der Waals surface area contributed by atoms with E-state index in [1.807, 2.05) is 30.3 Å². The van der Waals surface area contributed by atoms with Crippen LogP contribution < -0.4 is 0 Å². The van der Waals surface area contributed by atoms with Gasteiger partial charge in [-0.2, -0.15) is 10.2 Å². The molecule has 2 heterocycles. The lowest BCUT2D eigenvalue weighted by Crippen LogP contribution is -2.15. The van der Waals surface area contributed by atoms with E-state index in [0.717, 1.165) is 34.2 Å². The van der Waals surface area contributed by atoms with Gasteiger partial charge in [-0.15, -0.1) is 10.2 Å². The second kappa shape index (κ2) is 8.56. The molecule has 31 heavy (non-hydrogen) atoms. The van der Waals surface area contributed by atoms with Crippen molar-refractivity contribution < 1.29 is 4.21 Å². The summed E-state index contributed by atoms with van der Waals surface area (Å²) in [7, 11) is -1.49. The summed E-state index contributed by atoms with van der Waals surface area (Å²) in [5.41, 5.74) is 3.86. The van der Waals surface area contributed by atoms with Crippen molar-refractivity contribution in [3.8, 4) is 6.07 Å². The van der Waals surface area contributed by atoms with Crippen molar-refractivity contribution in [2.24, 2.45) is 5.92 Å². The molecule has 1 saturated carbocycles. The Hall–Kier alpha value is -3.11. The van der Waals surface area contributed by atoms with Crippen LogP contribution >= 0.6 is 0 Å². The summed E-state index contributed by atoms with van der Waals surface area (Å²) in [6, 6.07) is 17.5. The normalized spacial score (nSPS) is 15.8. The van der Waals surface area contributed by atoms with E-state index < -0.39 is 10.8 Å². The minimum atomic E-state index is -1.49. The molecule has 1 aliphatic rings. The van der Waals surface area contributed by atoms with Crippen molar-refractivity contribution in [2.75, 3.05) is 0 Å². The number of rotatable bonds is 5. The van der Waals surface area contributed by atoms with Crippen LogP contribution in [-0.4, -0.2) is 24.0 Å². The Bertz CT molecular complexity index is 1320. The number of fused-ring (bicyclic) bond motifs is 3. The molecule has 1 fully saturated rings. The molecule has 2 aromatic carbocycles. The zero-order valence-corrected chi connectivity index (χ0v) is 18.0. The van der Waals surface area contributed by atoms with E-state index in [4.69, 9.17) is 4.98 Å². The predicted molar refractivity (Wildman–Crippen MR) is 121 cm³/mol. The van der Waals surface area contributed by atoms with Crippen molar-refractivity contribution in [1.82, 2.24) is 19.7 Å². The zero-order valence-electron chi connectivity index (χ0n) is 17.2. The van der Waals surface area contributed by atoms with Gasteiger partial charge in [0.1, 0.15) is 5.52 Å². The van der Waals surface area contributed by atoms with Gasteiger partial charge in [0.15, 0.2) is 5.65 Å². The van der Waals surface area contributed by atoms with E-state index >= 15 is 0 Å². The maximum absolute atomic E-state index is 13.1. The van der Waals surface area contributed by atoms with Gasteiger partial charge in [0.05, 0.1) is 33.7 Å². The monoisotopic (exact) mass is 429 g/mol. The minimum Gasteiger partial charge on any atom is -0.324 e. The van der Waals surface area contributed by atoms with E-state index in [2.05, 4.69) is 26.9 Å². The molecule has 5 rings (SSSR count). The molecule has 2 aromatic heterocycles. The van der Waals surface area contributed by atoms with Crippen LogP contribution in [0.5, 0.6) is 0 Å². The van der Waals surface area contributed by atoms with Crippen LogP contribution in [0.2, 0.25) is 0 Å². The molecular formula is C24H23N5OS. The first-order valence-corrected chi connectivity index (χ1v) is 12.0. The first-order chi connectivity index (χ1) is 15.2. The van der Waals surface area contributed by atoms with Gasteiger partial charge < -0.3 is 4.57 Å². The molecule has 0 spiro atoms. The first kappa shape index (κ1) is 19.8. The van der Waals surface area contributed by atoms with Crippen LogP contribution in [0.1, 0.15) is 43.2 Å². The van der Waals surface area contributed by atoms with Gasteiger partial charge in [0.2, 0.25) is 5.16 Å². The Kier molecular flexibility index (Phi) is 5.47. The summed E-state index contributed by atoms with van der Waals surface area (Å²) in [5, 5.41) is 19.2. The van der Waals surface area contributed by atoms with Gasteiger partial charge in [0.25, 0.3) is 0 Å². The van der Waals surface area contributed by atoms with Gasteiger partial charge in [0, 0.05) is 11.9 Å². The quantitative estimate of drug-likeness (QED) is 0.457. The van der Waals surface area contributed by atoms with Crippen molar-refractivity contribution in [3.63, 3.8) is 0 Å². The first-order valence-electron chi connectivity index (χ1n) is 10.7. The van der Waals surface area contributed by atoms with Crippen molar-refractivity contribution in [2.45, 2.75) is 49.6 Å². The molecule has 0 bridgehead atoms. The Labute approximate surface area is 183 Å². The summed E-state index contributed by atoms with van der Waals surface area (Å²) in [4.78, 5) is 4.74. The molecule has 6 nitrogen and oxygen atoms in total. The van der Waals surface area contributed by atoms with Gasteiger partial charge in [-0.25, -0.2) is 0 Å². The summed E-state index contributed by atoms with van der Waals surface area (Å²) < 4.78 is 15.3. The molecule has 0 amide bonds. The standard InChI is InChI=1S/C24H23N5OS/c25-14-18-10-4-5-11-19(18)16-31(30)24-26-23-22(27-28-24)20-12-6-7-13-21(20)29(23)15-17-8-2-1-3-9-17/h4-7,10-13,17H,1-3,8-9,15-16H2. The number of nitriles is 1. The lowest BCUT2D eigenvalue weighted by Gasteiger charge is -2.22. The highest BCUT2D eigenvalue weighted by Gasteiger charge is 2.21. The SMILES string of the molecule is N#Cc1ccccc1CS(=O)c1nnc2c3ccccc3n(CC3CCCCC3)c2n1. The summed E-state index contributed by atoms with van der Waals surface area (Å²) in [6.45, 7) is 0.895. The van der Waals surface area contributed by atoms with E-state index in [-0.39, 0.29) is 10.9 Å². The highest BCUT2D eigenvalue weighted by molar-refractivity contribution is 7.84.